The normalized spacial score (nSPS) is 18.1. The topological polar surface area (TPSA) is 67.9 Å². The summed E-state index contributed by atoms with van der Waals surface area (Å²) in [5.41, 5.74) is 2.16. The van der Waals surface area contributed by atoms with Crippen LogP contribution in [-0.4, -0.2) is 22.5 Å². The largest absolute Gasteiger partial charge is 0.488 e. The van der Waals surface area contributed by atoms with Gasteiger partial charge in [-0.1, -0.05) is 24.3 Å². The summed E-state index contributed by atoms with van der Waals surface area (Å²) < 4.78 is 11.9. The Labute approximate surface area is 209 Å². The van der Waals surface area contributed by atoms with Crippen LogP contribution in [-0.2, 0) is 16.0 Å². The van der Waals surface area contributed by atoms with Gasteiger partial charge in [-0.15, -0.1) is 0 Å². The summed E-state index contributed by atoms with van der Waals surface area (Å²) in [6.45, 7) is 4.13. The number of ether oxygens (including phenoxy) is 2. The Morgan fingerprint density at radius 3 is 2.46 bits per heavy atom. The van der Waals surface area contributed by atoms with E-state index in [1.165, 1.54) is 4.90 Å². The first kappa shape index (κ1) is 22.8. The molecule has 0 atom stereocenters. The van der Waals surface area contributed by atoms with Crippen LogP contribution in [0.25, 0.3) is 6.08 Å². The van der Waals surface area contributed by atoms with E-state index >= 15 is 0 Å². The number of carbonyl (C=O) groups excluding carboxylic acids is 2. The van der Waals surface area contributed by atoms with Crippen molar-refractivity contribution in [3.63, 3.8) is 0 Å². The van der Waals surface area contributed by atoms with E-state index in [1.54, 1.807) is 30.3 Å². The van der Waals surface area contributed by atoms with Crippen LogP contribution in [0.15, 0.2) is 78.4 Å². The number of thiocarbonyl (C=S) groups is 1. The van der Waals surface area contributed by atoms with Gasteiger partial charge in [0.15, 0.2) is 5.11 Å². The second-order valence-electron chi connectivity index (χ2n) is 9.10. The van der Waals surface area contributed by atoms with Gasteiger partial charge in [-0.05, 0) is 105 Å². The molecule has 0 radical (unpaired) electrons. The number of hydrogen-bond acceptors (Lipinski definition) is 5. The Morgan fingerprint density at radius 2 is 1.71 bits per heavy atom. The van der Waals surface area contributed by atoms with E-state index in [4.69, 9.17) is 21.7 Å². The van der Waals surface area contributed by atoms with Crippen molar-refractivity contribution >= 4 is 40.9 Å². The highest BCUT2D eigenvalue weighted by Crippen LogP contribution is 2.34. The molecule has 7 heteroatoms. The van der Waals surface area contributed by atoms with Crippen LogP contribution in [0.5, 0.6) is 17.2 Å². The zero-order valence-corrected chi connectivity index (χ0v) is 20.2. The Hall–Kier alpha value is -3.97. The Morgan fingerprint density at radius 1 is 1.00 bits per heavy atom. The van der Waals surface area contributed by atoms with Crippen LogP contribution in [0, 0.1) is 0 Å². The summed E-state index contributed by atoms with van der Waals surface area (Å²) in [5.74, 6) is 1.17. The molecule has 3 aromatic carbocycles. The average Bonchev–Trinajstić information content (AvgIpc) is 2.83. The summed E-state index contributed by atoms with van der Waals surface area (Å²) >= 11 is 5.32. The van der Waals surface area contributed by atoms with Crippen molar-refractivity contribution < 1.29 is 19.1 Å². The highest BCUT2D eigenvalue weighted by molar-refractivity contribution is 7.80. The maximum atomic E-state index is 13.4. The lowest BCUT2D eigenvalue weighted by Gasteiger charge is -2.32. The maximum absolute atomic E-state index is 13.4. The van der Waals surface area contributed by atoms with Crippen LogP contribution in [0.4, 0.5) is 5.69 Å². The molecule has 2 aliphatic rings. The van der Waals surface area contributed by atoms with Crippen LogP contribution in [0.2, 0.25) is 0 Å². The third kappa shape index (κ3) is 4.81. The number of aryl methyl sites for hydroxylation is 1. The highest BCUT2D eigenvalue weighted by Gasteiger charge is 2.34. The lowest BCUT2D eigenvalue weighted by atomic mass is 9.93. The molecule has 0 spiro atoms. The van der Waals surface area contributed by atoms with E-state index in [1.807, 2.05) is 48.5 Å². The van der Waals surface area contributed by atoms with Gasteiger partial charge in [0, 0.05) is 0 Å². The number of benzene rings is 3. The van der Waals surface area contributed by atoms with E-state index in [-0.39, 0.29) is 16.3 Å². The molecule has 2 amide bonds. The van der Waals surface area contributed by atoms with Gasteiger partial charge in [-0.2, -0.15) is 0 Å². The Balaban J connectivity index is 1.39. The minimum absolute atomic E-state index is 0.0141. The third-order valence-corrected chi connectivity index (χ3v) is 6.24. The van der Waals surface area contributed by atoms with Gasteiger partial charge >= 0.3 is 0 Å². The first-order valence-electron chi connectivity index (χ1n) is 11.4. The average molecular weight is 485 g/mol. The molecule has 35 heavy (non-hydrogen) atoms. The molecule has 6 nitrogen and oxygen atoms in total. The van der Waals surface area contributed by atoms with E-state index < -0.39 is 11.8 Å². The molecule has 0 bridgehead atoms. The molecule has 2 aliphatic heterocycles. The molecule has 1 fully saturated rings. The highest BCUT2D eigenvalue weighted by atomic mass is 32.1. The first-order valence-corrected chi connectivity index (χ1v) is 11.8. The number of nitrogens with zero attached hydrogens (tertiary/aromatic N) is 1. The van der Waals surface area contributed by atoms with Crippen molar-refractivity contribution in [1.29, 1.82) is 0 Å². The Kier molecular flexibility index (Phi) is 5.86. The second-order valence-corrected chi connectivity index (χ2v) is 9.48. The minimum Gasteiger partial charge on any atom is -0.488 e. The number of nitrogens with one attached hydrogen (secondary N) is 1. The molecular formula is C28H24N2O4S. The number of hydrogen-bond donors (Lipinski definition) is 1. The monoisotopic (exact) mass is 484 g/mol. The van der Waals surface area contributed by atoms with Gasteiger partial charge < -0.3 is 9.47 Å². The predicted octanol–water partition coefficient (Wildman–Crippen LogP) is 5.41. The Bertz CT molecular complexity index is 1350. The van der Waals surface area contributed by atoms with Gasteiger partial charge in [0.05, 0.1) is 5.69 Å². The van der Waals surface area contributed by atoms with Gasteiger partial charge in [0.1, 0.15) is 28.4 Å². The zero-order chi connectivity index (χ0) is 24.6. The third-order valence-electron chi connectivity index (χ3n) is 5.95. The summed E-state index contributed by atoms with van der Waals surface area (Å²) in [4.78, 5) is 27.3. The summed E-state index contributed by atoms with van der Waals surface area (Å²) in [6.07, 6.45) is 3.36. The van der Waals surface area contributed by atoms with Crippen molar-refractivity contribution in [2.45, 2.75) is 32.3 Å². The minimum atomic E-state index is -0.518. The van der Waals surface area contributed by atoms with E-state index in [0.29, 0.717) is 17.2 Å². The molecule has 0 unspecified atom stereocenters. The number of para-hydroxylation sites is 1. The fraction of sp³-hybridized carbons (Fsp3) is 0.179. The molecule has 1 saturated heterocycles. The summed E-state index contributed by atoms with van der Waals surface area (Å²) in [6, 6.07) is 22.1. The fourth-order valence-electron chi connectivity index (χ4n) is 4.11. The zero-order valence-electron chi connectivity index (χ0n) is 19.4. The van der Waals surface area contributed by atoms with E-state index in [0.717, 1.165) is 29.7 Å². The van der Waals surface area contributed by atoms with Gasteiger partial charge in [0.2, 0.25) is 0 Å². The van der Waals surface area contributed by atoms with E-state index in [2.05, 4.69) is 19.2 Å². The van der Waals surface area contributed by atoms with Crippen molar-refractivity contribution in [1.82, 2.24) is 5.32 Å². The van der Waals surface area contributed by atoms with Crippen molar-refractivity contribution in [3.05, 3.63) is 89.5 Å². The number of anilines is 1. The van der Waals surface area contributed by atoms with Crippen LogP contribution >= 0.6 is 12.2 Å². The van der Waals surface area contributed by atoms with Gasteiger partial charge in [0.25, 0.3) is 11.8 Å². The number of rotatable bonds is 4. The molecule has 0 aromatic heterocycles. The number of amides is 2. The molecule has 0 saturated carbocycles. The molecule has 1 N–H and O–H groups in total. The lowest BCUT2D eigenvalue weighted by Crippen LogP contribution is -2.54. The van der Waals surface area contributed by atoms with Crippen molar-refractivity contribution in [2.24, 2.45) is 0 Å². The standard InChI is InChI=1S/C28H24N2O4S/c1-28(2)15-14-19-16-18(8-13-24(19)34-28)17-23-25(31)29-27(35)30(26(23)32)20-9-11-22(12-10-20)33-21-6-4-3-5-7-21/h3-13,16-17H,14-15H2,1-2H3,(H,29,31,35). The smallest absolute Gasteiger partial charge is 0.270 e. The van der Waals surface area contributed by atoms with Crippen molar-refractivity contribution in [3.8, 4) is 17.2 Å². The lowest BCUT2D eigenvalue weighted by molar-refractivity contribution is -0.122. The molecule has 0 aliphatic carbocycles. The molecule has 2 heterocycles. The predicted molar refractivity (Wildman–Crippen MR) is 139 cm³/mol. The first-order chi connectivity index (χ1) is 16.8. The molecule has 3 aromatic rings. The van der Waals surface area contributed by atoms with Crippen molar-refractivity contribution in [2.75, 3.05) is 4.90 Å². The number of carbonyl (C=O) groups is 2. The van der Waals surface area contributed by atoms with Gasteiger partial charge in [-0.25, -0.2) is 0 Å². The molecule has 5 rings (SSSR count). The summed E-state index contributed by atoms with van der Waals surface area (Å²) in [7, 11) is 0. The second kappa shape index (κ2) is 9.00. The fourth-order valence-corrected chi connectivity index (χ4v) is 4.40. The quantitative estimate of drug-likeness (QED) is 0.305. The van der Waals surface area contributed by atoms with Crippen LogP contribution < -0.4 is 19.7 Å². The van der Waals surface area contributed by atoms with Gasteiger partial charge in [-0.3, -0.25) is 19.8 Å². The molecule has 176 valence electrons. The number of fused-ring (bicyclic) bond motifs is 1. The summed E-state index contributed by atoms with van der Waals surface area (Å²) in [5, 5.41) is 2.67. The maximum Gasteiger partial charge on any atom is 0.270 e. The van der Waals surface area contributed by atoms with Crippen LogP contribution in [0.1, 0.15) is 31.4 Å². The molecular weight excluding hydrogens is 460 g/mol. The SMILES string of the molecule is CC1(C)CCc2cc(C=C3C(=O)NC(=S)N(c4ccc(Oc5ccccc5)cc4)C3=O)ccc2O1. The van der Waals surface area contributed by atoms with Crippen LogP contribution in [0.3, 0.4) is 0 Å². The van der Waals surface area contributed by atoms with E-state index in [9.17, 15) is 9.59 Å².